The number of sulfonamides is 1. The van der Waals surface area contributed by atoms with Crippen LogP contribution in [0, 0.1) is 0 Å². The highest BCUT2D eigenvalue weighted by atomic mass is 32.2. The Morgan fingerprint density at radius 2 is 1.79 bits per heavy atom. The number of carbonyl (C=O) groups is 1. The molecule has 1 atom stereocenters. The predicted molar refractivity (Wildman–Crippen MR) is 101 cm³/mol. The average molecular weight is 400 g/mol. The molecule has 0 unspecified atom stereocenters. The topological polar surface area (TPSA) is 76.2 Å². The maximum atomic E-state index is 13.3. The quantitative estimate of drug-likeness (QED) is 0.765. The van der Waals surface area contributed by atoms with Crippen LogP contribution < -0.4 is 9.47 Å². The van der Waals surface area contributed by atoms with Gasteiger partial charge >= 0.3 is 0 Å². The zero-order valence-corrected chi connectivity index (χ0v) is 16.0. The van der Waals surface area contributed by atoms with Crippen molar-refractivity contribution in [3.05, 3.63) is 53.6 Å². The van der Waals surface area contributed by atoms with E-state index in [1.54, 1.807) is 11.0 Å². The molecule has 5 rings (SSSR count). The summed E-state index contributed by atoms with van der Waals surface area (Å²) in [5.74, 6) is 0.791. The van der Waals surface area contributed by atoms with Crippen LogP contribution in [-0.4, -0.2) is 56.4 Å². The summed E-state index contributed by atoms with van der Waals surface area (Å²) in [6.07, 6.45) is 0.799. The number of benzene rings is 2. The number of piperazine rings is 1. The smallest absolute Gasteiger partial charge is 0.243 e. The molecule has 3 aliphatic rings. The lowest BCUT2D eigenvalue weighted by molar-refractivity contribution is -0.138. The fraction of sp³-hybridized carbons (Fsp3) is 0.350. The molecule has 8 heteroatoms. The summed E-state index contributed by atoms with van der Waals surface area (Å²) in [7, 11) is -3.83. The second-order valence-corrected chi connectivity index (χ2v) is 9.09. The van der Waals surface area contributed by atoms with Crippen molar-refractivity contribution in [3.8, 4) is 11.5 Å². The molecule has 1 amide bonds. The number of hydrogen-bond acceptors (Lipinski definition) is 5. The van der Waals surface area contributed by atoms with Crippen LogP contribution in [0.3, 0.4) is 0 Å². The van der Waals surface area contributed by atoms with Gasteiger partial charge in [-0.05, 0) is 29.7 Å². The van der Waals surface area contributed by atoms with Gasteiger partial charge in [-0.25, -0.2) is 8.42 Å². The third-order valence-electron chi connectivity index (χ3n) is 5.57. The van der Waals surface area contributed by atoms with Crippen LogP contribution in [0.5, 0.6) is 11.5 Å². The minimum atomic E-state index is -3.83. The lowest BCUT2D eigenvalue weighted by Crippen LogP contribution is -2.55. The van der Waals surface area contributed by atoms with Crippen LogP contribution in [0.2, 0.25) is 0 Å². The van der Waals surface area contributed by atoms with Crippen LogP contribution >= 0.6 is 0 Å². The molecule has 2 aromatic rings. The summed E-state index contributed by atoms with van der Waals surface area (Å²) < 4.78 is 38.8. The van der Waals surface area contributed by atoms with Gasteiger partial charge in [-0.2, -0.15) is 4.31 Å². The Labute approximate surface area is 163 Å². The fourth-order valence-electron chi connectivity index (χ4n) is 4.16. The molecule has 0 aliphatic carbocycles. The summed E-state index contributed by atoms with van der Waals surface area (Å²) in [5.41, 5.74) is 2.21. The molecule has 0 bridgehead atoms. The highest BCUT2D eigenvalue weighted by molar-refractivity contribution is 7.89. The molecule has 0 saturated carbocycles. The lowest BCUT2D eigenvalue weighted by Gasteiger charge is -2.44. The number of ether oxygens (including phenoxy) is 2. The normalized spacial score (nSPS) is 21.8. The van der Waals surface area contributed by atoms with Gasteiger partial charge < -0.3 is 14.4 Å². The molecule has 146 valence electrons. The molecule has 0 N–H and O–H groups in total. The van der Waals surface area contributed by atoms with E-state index in [-0.39, 0.29) is 29.9 Å². The first-order chi connectivity index (χ1) is 13.5. The number of carbonyl (C=O) groups excluding carboxylic acids is 1. The Morgan fingerprint density at radius 1 is 1.00 bits per heavy atom. The Kier molecular flexibility index (Phi) is 4.06. The summed E-state index contributed by atoms with van der Waals surface area (Å²) in [6, 6.07) is 12.3. The van der Waals surface area contributed by atoms with E-state index >= 15 is 0 Å². The van der Waals surface area contributed by atoms with Crippen LogP contribution in [-0.2, 0) is 21.2 Å². The third kappa shape index (κ3) is 2.75. The Hall–Kier alpha value is -2.58. The molecule has 28 heavy (non-hydrogen) atoms. The number of hydrogen-bond donors (Lipinski definition) is 0. The van der Waals surface area contributed by atoms with E-state index in [9.17, 15) is 13.2 Å². The second kappa shape index (κ2) is 6.49. The van der Waals surface area contributed by atoms with E-state index < -0.39 is 10.0 Å². The van der Waals surface area contributed by atoms with Gasteiger partial charge in [0.15, 0.2) is 11.5 Å². The summed E-state index contributed by atoms with van der Waals surface area (Å²) in [4.78, 5) is 14.7. The molecule has 3 aliphatic heterocycles. The first kappa shape index (κ1) is 17.5. The van der Waals surface area contributed by atoms with Gasteiger partial charge in [0, 0.05) is 19.2 Å². The van der Waals surface area contributed by atoms with Crippen molar-refractivity contribution < 1.29 is 22.7 Å². The molecule has 0 spiro atoms. The summed E-state index contributed by atoms with van der Waals surface area (Å²) in [6.45, 7) is 1.55. The zero-order valence-electron chi connectivity index (χ0n) is 15.2. The Bertz CT molecular complexity index is 1050. The second-order valence-electron chi connectivity index (χ2n) is 7.15. The molecule has 0 aromatic heterocycles. The first-order valence-electron chi connectivity index (χ1n) is 9.31. The van der Waals surface area contributed by atoms with Crippen molar-refractivity contribution >= 4 is 15.9 Å². The highest BCUT2D eigenvalue weighted by Crippen LogP contribution is 2.37. The van der Waals surface area contributed by atoms with Crippen LogP contribution in [0.15, 0.2) is 47.4 Å². The fourth-order valence-corrected chi connectivity index (χ4v) is 5.57. The van der Waals surface area contributed by atoms with Crippen molar-refractivity contribution in [2.45, 2.75) is 17.4 Å². The number of rotatable bonds is 2. The number of fused-ring (bicyclic) bond motifs is 4. The molecular weight excluding hydrogens is 380 g/mol. The van der Waals surface area contributed by atoms with Crippen LogP contribution in [0.25, 0.3) is 0 Å². The predicted octanol–water partition coefficient (Wildman–Crippen LogP) is 1.59. The SMILES string of the molecule is O=C1CN(S(=O)(=O)c2ccc3c(c2)OCCO3)C[C@@H]2c3ccccc3CCN12. The van der Waals surface area contributed by atoms with E-state index in [4.69, 9.17) is 9.47 Å². The van der Waals surface area contributed by atoms with Gasteiger partial charge in [0.1, 0.15) is 13.2 Å². The van der Waals surface area contributed by atoms with E-state index in [1.807, 2.05) is 24.3 Å². The van der Waals surface area contributed by atoms with Gasteiger partial charge in [-0.1, -0.05) is 24.3 Å². The molecular formula is C20H20N2O5S. The van der Waals surface area contributed by atoms with Gasteiger partial charge in [0.05, 0.1) is 17.5 Å². The Morgan fingerprint density at radius 3 is 2.64 bits per heavy atom. The molecule has 1 saturated heterocycles. The Balaban J connectivity index is 1.49. The minimum Gasteiger partial charge on any atom is -0.486 e. The van der Waals surface area contributed by atoms with E-state index in [0.717, 1.165) is 12.0 Å². The maximum Gasteiger partial charge on any atom is 0.243 e. The third-order valence-corrected chi connectivity index (χ3v) is 7.38. The van der Waals surface area contributed by atoms with Crippen molar-refractivity contribution in [3.63, 3.8) is 0 Å². The molecule has 2 aromatic carbocycles. The van der Waals surface area contributed by atoms with Crippen LogP contribution in [0.4, 0.5) is 0 Å². The van der Waals surface area contributed by atoms with Crippen molar-refractivity contribution in [2.24, 2.45) is 0 Å². The number of nitrogens with zero attached hydrogens (tertiary/aromatic N) is 2. The van der Waals surface area contributed by atoms with Gasteiger partial charge in [0.25, 0.3) is 0 Å². The van der Waals surface area contributed by atoms with E-state index in [0.29, 0.717) is 31.3 Å². The highest BCUT2D eigenvalue weighted by Gasteiger charge is 2.41. The van der Waals surface area contributed by atoms with Crippen molar-refractivity contribution in [1.82, 2.24) is 9.21 Å². The van der Waals surface area contributed by atoms with Gasteiger partial charge in [-0.15, -0.1) is 0 Å². The molecule has 3 heterocycles. The maximum absolute atomic E-state index is 13.3. The minimum absolute atomic E-state index is 0.113. The monoisotopic (exact) mass is 400 g/mol. The van der Waals surface area contributed by atoms with Crippen LogP contribution in [0.1, 0.15) is 17.2 Å². The molecule has 1 fully saturated rings. The summed E-state index contributed by atoms with van der Waals surface area (Å²) >= 11 is 0. The molecule has 7 nitrogen and oxygen atoms in total. The summed E-state index contributed by atoms with van der Waals surface area (Å²) in [5, 5.41) is 0. The van der Waals surface area contributed by atoms with Crippen molar-refractivity contribution in [1.29, 1.82) is 0 Å². The largest absolute Gasteiger partial charge is 0.486 e. The average Bonchev–Trinajstić information content (AvgIpc) is 2.73. The first-order valence-corrected chi connectivity index (χ1v) is 10.7. The zero-order chi connectivity index (χ0) is 19.3. The molecule has 0 radical (unpaired) electrons. The lowest BCUT2D eigenvalue weighted by atomic mass is 9.91. The number of amides is 1. The van der Waals surface area contributed by atoms with Crippen molar-refractivity contribution in [2.75, 3.05) is 32.8 Å². The van der Waals surface area contributed by atoms with E-state index in [2.05, 4.69) is 0 Å². The van der Waals surface area contributed by atoms with Gasteiger partial charge in [-0.3, -0.25) is 4.79 Å². The van der Waals surface area contributed by atoms with Gasteiger partial charge in [0.2, 0.25) is 15.9 Å². The standard InChI is InChI=1S/C20H20N2O5S/c23-20-13-21(12-17-16-4-2-1-3-14(16)7-8-22(17)20)28(24,25)15-5-6-18-19(11-15)27-10-9-26-18/h1-6,11,17H,7-10,12-13H2/t17-/m1/s1. The van der Waals surface area contributed by atoms with E-state index in [1.165, 1.54) is 22.0 Å².